The largest absolute Gasteiger partial charge is 0.357 e. The molecule has 0 bridgehead atoms. The summed E-state index contributed by atoms with van der Waals surface area (Å²) in [6, 6.07) is 0. The Morgan fingerprint density at radius 3 is 2.67 bits per heavy atom. The standard InChI is InChI=1S/C17H30N6S/c1-3-15-20-17(24-21-15)23-12-10-22(11-13-23)16(18-4-2)19-9-5-6-14-7-8-14/h14H,3-13H2,1-2H3,(H,18,19). The number of nitrogens with one attached hydrogen (secondary N) is 1. The summed E-state index contributed by atoms with van der Waals surface area (Å²) in [5.41, 5.74) is 0. The number of anilines is 1. The van der Waals surface area contributed by atoms with Gasteiger partial charge in [0.05, 0.1) is 0 Å². The molecule has 0 unspecified atom stereocenters. The molecule has 0 spiro atoms. The first kappa shape index (κ1) is 17.5. The molecule has 1 N–H and O–H groups in total. The Morgan fingerprint density at radius 1 is 1.25 bits per heavy atom. The molecule has 1 saturated carbocycles. The Bertz CT molecular complexity index is 531. The molecule has 0 radical (unpaired) electrons. The number of aryl methyl sites for hydroxylation is 1. The summed E-state index contributed by atoms with van der Waals surface area (Å²) in [5, 5.41) is 4.52. The zero-order valence-corrected chi connectivity index (χ0v) is 15.8. The summed E-state index contributed by atoms with van der Waals surface area (Å²) in [6.07, 6.45) is 6.38. The van der Waals surface area contributed by atoms with Crippen LogP contribution in [0.2, 0.25) is 0 Å². The van der Waals surface area contributed by atoms with Crippen molar-refractivity contribution in [1.82, 2.24) is 19.6 Å². The van der Waals surface area contributed by atoms with Crippen LogP contribution in [0.25, 0.3) is 0 Å². The minimum Gasteiger partial charge on any atom is -0.357 e. The molecule has 1 aromatic rings. The number of hydrogen-bond acceptors (Lipinski definition) is 5. The summed E-state index contributed by atoms with van der Waals surface area (Å²) >= 11 is 1.53. The normalized spacial score (nSPS) is 19.0. The lowest BCUT2D eigenvalue weighted by Gasteiger charge is -2.36. The number of aromatic nitrogens is 2. The molecule has 2 aliphatic rings. The lowest BCUT2D eigenvalue weighted by molar-refractivity contribution is 0.372. The summed E-state index contributed by atoms with van der Waals surface area (Å²) in [5.74, 6) is 3.05. The molecule has 1 aliphatic carbocycles. The van der Waals surface area contributed by atoms with Crippen LogP contribution in [-0.4, -0.2) is 59.5 Å². The molecule has 7 heteroatoms. The topological polar surface area (TPSA) is 56.7 Å². The van der Waals surface area contributed by atoms with Gasteiger partial charge in [-0.05, 0) is 25.7 Å². The highest BCUT2D eigenvalue weighted by Gasteiger charge is 2.22. The molecule has 2 fully saturated rings. The molecule has 134 valence electrons. The monoisotopic (exact) mass is 350 g/mol. The van der Waals surface area contributed by atoms with Crippen molar-refractivity contribution in [3.05, 3.63) is 5.82 Å². The van der Waals surface area contributed by atoms with Crippen LogP contribution in [0, 0.1) is 5.92 Å². The Hall–Kier alpha value is -1.37. The second kappa shape index (κ2) is 8.65. The van der Waals surface area contributed by atoms with Gasteiger partial charge >= 0.3 is 0 Å². The highest BCUT2D eigenvalue weighted by molar-refractivity contribution is 7.09. The van der Waals surface area contributed by atoms with Gasteiger partial charge in [-0.15, -0.1) is 0 Å². The van der Waals surface area contributed by atoms with Crippen LogP contribution in [0.4, 0.5) is 5.13 Å². The molecule has 2 heterocycles. The van der Waals surface area contributed by atoms with E-state index in [9.17, 15) is 0 Å². The first-order valence-corrected chi connectivity index (χ1v) is 10.2. The number of nitrogens with zero attached hydrogens (tertiary/aromatic N) is 5. The summed E-state index contributed by atoms with van der Waals surface area (Å²) in [4.78, 5) is 14.2. The van der Waals surface area contributed by atoms with Crippen molar-refractivity contribution in [3.8, 4) is 0 Å². The van der Waals surface area contributed by atoms with E-state index in [4.69, 9.17) is 4.99 Å². The fourth-order valence-corrected chi connectivity index (χ4v) is 3.82. The van der Waals surface area contributed by atoms with Crippen LogP contribution >= 0.6 is 11.5 Å². The molecule has 1 saturated heterocycles. The molecule has 1 aromatic heterocycles. The van der Waals surface area contributed by atoms with E-state index in [0.717, 1.165) is 68.5 Å². The highest BCUT2D eigenvalue weighted by atomic mass is 32.1. The molecular weight excluding hydrogens is 320 g/mol. The first-order valence-electron chi connectivity index (χ1n) is 9.41. The lowest BCUT2D eigenvalue weighted by atomic mass is 10.2. The average molecular weight is 351 g/mol. The van der Waals surface area contributed by atoms with Crippen molar-refractivity contribution >= 4 is 22.6 Å². The van der Waals surface area contributed by atoms with Crippen molar-refractivity contribution in [1.29, 1.82) is 0 Å². The van der Waals surface area contributed by atoms with Crippen molar-refractivity contribution in [2.24, 2.45) is 10.9 Å². The summed E-state index contributed by atoms with van der Waals surface area (Å²) in [6.45, 7) is 10.1. The Kier molecular flexibility index (Phi) is 6.29. The maximum Gasteiger partial charge on any atom is 0.205 e. The number of aliphatic imine (C=N–C) groups is 1. The first-order chi connectivity index (χ1) is 11.8. The number of rotatable bonds is 7. The molecule has 1 aliphatic heterocycles. The van der Waals surface area contributed by atoms with Crippen molar-refractivity contribution in [2.75, 3.05) is 44.2 Å². The van der Waals surface area contributed by atoms with Gasteiger partial charge in [0.1, 0.15) is 5.82 Å². The van der Waals surface area contributed by atoms with E-state index in [0.29, 0.717) is 0 Å². The third-order valence-corrected chi connectivity index (χ3v) is 5.50. The van der Waals surface area contributed by atoms with Crippen molar-refractivity contribution < 1.29 is 0 Å². The van der Waals surface area contributed by atoms with E-state index in [1.807, 2.05) is 0 Å². The van der Waals surface area contributed by atoms with Gasteiger partial charge in [-0.3, -0.25) is 4.99 Å². The van der Waals surface area contributed by atoms with E-state index in [1.54, 1.807) is 0 Å². The van der Waals surface area contributed by atoms with E-state index in [2.05, 4.69) is 38.3 Å². The molecule has 6 nitrogen and oxygen atoms in total. The Labute approximate surface area is 149 Å². The van der Waals surface area contributed by atoms with Gasteiger partial charge in [-0.2, -0.15) is 4.37 Å². The Balaban J connectivity index is 1.49. The van der Waals surface area contributed by atoms with Gasteiger partial charge < -0.3 is 15.1 Å². The SMILES string of the molecule is CCNC(=NCCCC1CC1)N1CCN(c2nc(CC)ns2)CC1. The van der Waals surface area contributed by atoms with Crippen molar-refractivity contribution in [2.45, 2.75) is 46.0 Å². The second-order valence-corrected chi connectivity index (χ2v) is 7.37. The Morgan fingerprint density at radius 2 is 2.04 bits per heavy atom. The minimum absolute atomic E-state index is 0.911. The average Bonchev–Trinajstić information content (AvgIpc) is 3.32. The molecule has 0 atom stereocenters. The van der Waals surface area contributed by atoms with Crippen LogP contribution in [0.15, 0.2) is 4.99 Å². The quantitative estimate of drug-likeness (QED) is 0.465. The molecule has 0 aromatic carbocycles. The highest BCUT2D eigenvalue weighted by Crippen LogP contribution is 2.33. The smallest absolute Gasteiger partial charge is 0.205 e. The minimum atomic E-state index is 0.911. The molecule has 0 amide bonds. The number of guanidine groups is 1. The third kappa shape index (κ3) is 4.82. The molecule has 24 heavy (non-hydrogen) atoms. The fraction of sp³-hybridized carbons (Fsp3) is 0.824. The molecular formula is C17H30N6S. The van der Waals surface area contributed by atoms with E-state index in [1.165, 1.54) is 37.2 Å². The van der Waals surface area contributed by atoms with Crippen LogP contribution in [0.5, 0.6) is 0 Å². The van der Waals surface area contributed by atoms with Gasteiger partial charge in [0.2, 0.25) is 5.13 Å². The van der Waals surface area contributed by atoms with Gasteiger partial charge in [0, 0.05) is 57.2 Å². The van der Waals surface area contributed by atoms with Gasteiger partial charge in [-0.25, -0.2) is 4.98 Å². The zero-order valence-electron chi connectivity index (χ0n) is 15.0. The van der Waals surface area contributed by atoms with Gasteiger partial charge in [0.15, 0.2) is 5.96 Å². The van der Waals surface area contributed by atoms with Crippen LogP contribution < -0.4 is 10.2 Å². The lowest BCUT2D eigenvalue weighted by Crippen LogP contribution is -2.52. The van der Waals surface area contributed by atoms with Gasteiger partial charge in [0.25, 0.3) is 0 Å². The number of hydrogen-bond donors (Lipinski definition) is 1. The zero-order chi connectivity index (χ0) is 16.8. The number of piperazine rings is 1. The third-order valence-electron chi connectivity index (χ3n) is 4.69. The van der Waals surface area contributed by atoms with Crippen LogP contribution in [-0.2, 0) is 6.42 Å². The van der Waals surface area contributed by atoms with Gasteiger partial charge in [-0.1, -0.05) is 19.8 Å². The van der Waals surface area contributed by atoms with E-state index in [-0.39, 0.29) is 0 Å². The van der Waals surface area contributed by atoms with E-state index >= 15 is 0 Å². The predicted octanol–water partition coefficient (Wildman–Crippen LogP) is 2.38. The van der Waals surface area contributed by atoms with Crippen LogP contribution in [0.1, 0.15) is 45.4 Å². The maximum absolute atomic E-state index is 4.84. The van der Waals surface area contributed by atoms with Crippen molar-refractivity contribution in [3.63, 3.8) is 0 Å². The second-order valence-electron chi connectivity index (χ2n) is 6.64. The maximum atomic E-state index is 4.84. The fourth-order valence-electron chi connectivity index (χ4n) is 3.02. The molecule has 3 rings (SSSR count). The predicted molar refractivity (Wildman–Crippen MR) is 101 cm³/mol. The summed E-state index contributed by atoms with van der Waals surface area (Å²) < 4.78 is 4.40. The van der Waals surface area contributed by atoms with E-state index < -0.39 is 0 Å². The van der Waals surface area contributed by atoms with Crippen LogP contribution in [0.3, 0.4) is 0 Å². The summed E-state index contributed by atoms with van der Waals surface area (Å²) in [7, 11) is 0.